The third-order valence-electron chi connectivity index (χ3n) is 22.3. The average Bonchev–Trinajstić information content (AvgIpc) is 0.784. The second-order valence-electron chi connectivity index (χ2n) is 39.7. The first-order valence-electron chi connectivity index (χ1n) is 44.7. The van der Waals surface area contributed by atoms with Crippen molar-refractivity contribution in [2.24, 2.45) is 0 Å². The van der Waals surface area contributed by atoms with Crippen LogP contribution in [0.25, 0.3) is 0 Å². The summed E-state index contributed by atoms with van der Waals surface area (Å²) in [5.74, 6) is 0. The molecule has 0 fully saturated rings. The number of anilines is 6. The van der Waals surface area contributed by atoms with E-state index in [-0.39, 0.29) is 65.1 Å². The zero-order chi connectivity index (χ0) is 93.0. The smallest absolute Gasteiger partial charge is 0.204 e. The average molecular weight is 1780 g/mol. The maximum absolute atomic E-state index is 12.0. The molecule has 0 saturated carbocycles. The Morgan fingerprint density at radius 3 is 0.583 bits per heavy atom. The molecule has 0 unspecified atom stereocenters. The van der Waals surface area contributed by atoms with E-state index in [0.717, 1.165) is 224 Å². The summed E-state index contributed by atoms with van der Waals surface area (Å²) in [6.07, 6.45) is 11.3. The summed E-state index contributed by atoms with van der Waals surface area (Å²) < 4.78 is 3.08. The molecule has 684 valence electrons. The molecule has 0 aliphatic rings. The Morgan fingerprint density at radius 2 is 0.392 bits per heavy atom. The van der Waals surface area contributed by atoms with Crippen LogP contribution in [0.15, 0.2) is 28.8 Å². The van der Waals surface area contributed by atoms with Crippen molar-refractivity contribution in [3.63, 3.8) is 0 Å². The fraction of sp³-hybridized carbons (Fsp3) is 0.750. The molecular weight excluding hydrogens is 1610 g/mol. The lowest BCUT2D eigenvalue weighted by molar-refractivity contribution is 0.272. The maximum Gasteiger partial charge on any atom is 0.204 e. The SMILES string of the molecule is CCCN(C)CCCN(C)c1c(C(C)(C)C)c(=O)c1=S.CCCN(CC)CCCN(C)c1c(C(C)(C)C)c(=O)c1=S.CCCN(CCC)CCCN(C)c1c(C(C)(C)C)c(=O)c1=S.CCN(C)CCCN(C)c1c(C(C)(C)C)c(=O)c1=S.CCN(CC)CCCN(C)c1c(C(C)(C)C)c(=O)c1=S.CN(C)CCCN(C)c1c(C(C)(C)C)c(=O)c1=S. The maximum atomic E-state index is 12.0. The van der Waals surface area contributed by atoms with Gasteiger partial charge in [-0.15, -0.1) is 0 Å². The van der Waals surface area contributed by atoms with Gasteiger partial charge in [-0.3, -0.25) is 28.8 Å². The van der Waals surface area contributed by atoms with Crippen LogP contribution in [0.3, 0.4) is 0 Å². The predicted octanol–water partition coefficient (Wildman–Crippen LogP) is 18.7. The molecule has 0 saturated heterocycles. The van der Waals surface area contributed by atoms with E-state index in [2.05, 4.69) is 281 Å². The molecule has 0 aliphatic heterocycles. The van der Waals surface area contributed by atoms with Crippen LogP contribution in [0, 0.1) is 27.1 Å². The van der Waals surface area contributed by atoms with Crippen molar-refractivity contribution in [1.82, 2.24) is 29.4 Å². The Hall–Kier alpha value is -4.44. The van der Waals surface area contributed by atoms with Crippen molar-refractivity contribution in [1.29, 1.82) is 0 Å². The molecule has 0 spiro atoms. The van der Waals surface area contributed by atoms with Gasteiger partial charge in [-0.2, -0.15) is 0 Å². The largest absolute Gasteiger partial charge is 0.373 e. The van der Waals surface area contributed by atoms with Gasteiger partial charge in [0.15, 0.2) is 0 Å². The van der Waals surface area contributed by atoms with Crippen molar-refractivity contribution in [2.45, 2.75) is 277 Å². The zero-order valence-electron chi connectivity index (χ0n) is 82.5. The Kier molecular flexibility index (Phi) is 48.6. The lowest BCUT2D eigenvalue weighted by Crippen LogP contribution is -2.36. The fourth-order valence-corrected chi connectivity index (χ4v) is 17.7. The minimum atomic E-state index is -0.126. The Morgan fingerprint density at radius 1 is 0.208 bits per heavy atom. The first-order valence-corrected chi connectivity index (χ1v) is 47.2. The molecule has 6 rings (SSSR count). The number of hydrogen-bond acceptors (Lipinski definition) is 24. The summed E-state index contributed by atoms with van der Waals surface area (Å²) in [5.41, 5.74) is 11.0. The van der Waals surface area contributed by atoms with Gasteiger partial charge >= 0.3 is 0 Å². The second-order valence-corrected chi connectivity index (χ2v) is 42.2. The third kappa shape index (κ3) is 33.4. The summed E-state index contributed by atoms with van der Waals surface area (Å²) in [5, 5.41) is 0. The van der Waals surface area contributed by atoms with E-state index in [1.165, 1.54) is 38.8 Å². The molecule has 0 N–H and O–H groups in total. The van der Waals surface area contributed by atoms with E-state index in [1.54, 1.807) is 0 Å². The van der Waals surface area contributed by atoms with Gasteiger partial charge < -0.3 is 58.8 Å². The van der Waals surface area contributed by atoms with Crippen molar-refractivity contribution in [2.75, 3.05) is 231 Å². The van der Waals surface area contributed by atoms with E-state index < -0.39 is 0 Å². The molecule has 0 aromatic heterocycles. The van der Waals surface area contributed by atoms with E-state index in [1.807, 2.05) is 28.2 Å². The highest BCUT2D eigenvalue weighted by Gasteiger charge is 2.36. The van der Waals surface area contributed by atoms with Crippen molar-refractivity contribution >= 4 is 107 Å². The van der Waals surface area contributed by atoms with Crippen LogP contribution in [0.2, 0.25) is 0 Å². The van der Waals surface area contributed by atoms with Gasteiger partial charge in [-0.1, -0.05) is 253 Å². The molecule has 0 bridgehead atoms. The summed E-state index contributed by atoms with van der Waals surface area (Å²) in [6, 6.07) is 0. The summed E-state index contributed by atoms with van der Waals surface area (Å²) in [6.45, 7) is 76.1. The third-order valence-corrected chi connectivity index (χ3v) is 24.5. The van der Waals surface area contributed by atoms with Gasteiger partial charge in [0.25, 0.3) is 0 Å². The number of rotatable bonds is 42. The lowest BCUT2D eigenvalue weighted by Gasteiger charge is -2.31. The Balaban J connectivity index is 0.000000721. The van der Waals surface area contributed by atoms with Crippen LogP contribution < -0.4 is 62.0 Å². The quantitative estimate of drug-likeness (QED) is 0.0335. The molecule has 0 atom stereocenters. The molecule has 24 heteroatoms. The minimum Gasteiger partial charge on any atom is -0.373 e. The highest BCUT2D eigenvalue weighted by atomic mass is 32.1. The second kappa shape index (κ2) is 51.4. The first-order chi connectivity index (χ1) is 55.3. The summed E-state index contributed by atoms with van der Waals surface area (Å²) >= 11 is 31.4. The number of hydrogen-bond donors (Lipinski definition) is 0. The van der Waals surface area contributed by atoms with Crippen LogP contribution in [-0.4, -0.2) is 231 Å². The molecular formula is C96H168N12O6S6. The van der Waals surface area contributed by atoms with Crippen molar-refractivity contribution < 1.29 is 0 Å². The van der Waals surface area contributed by atoms with E-state index in [4.69, 9.17) is 73.3 Å². The van der Waals surface area contributed by atoms with E-state index in [0.29, 0.717) is 27.1 Å². The van der Waals surface area contributed by atoms with Gasteiger partial charge in [0, 0.05) is 115 Å². The zero-order valence-corrected chi connectivity index (χ0v) is 87.4. The highest BCUT2D eigenvalue weighted by Crippen LogP contribution is 2.38. The minimum absolute atomic E-state index is 0.0620. The standard InChI is InChI=1S/C18H32N2OS.C17H30N2OS.2C16H28N2OS.C15H26N2OS.C14H24N2OS/c1-7-10-20(11-8-2)13-9-12-19(6)15-14(18(3,4)5)16(21)17(15)22;1-7-10-19(8-2)12-9-11-18(6)14-13(17(3,4)5)15(20)16(14)21;1-7-9-17(5)10-8-11-18(6)13-12(16(2,3)4)14(19)15(13)20;1-7-18(8-2)11-9-10-17(6)13-12(16(3,4)5)14(19)15(13)20;1-7-16(5)9-8-10-17(6)12-11(15(2,3)4)13(18)14(12)19;1-14(2,3)10-11(13(18)12(10)17)16(6)9-7-8-15(4)5/h7-13H2,1-6H3;7-12H2,1-6H3;2*7-11H2,1-6H3;7-10H2,1-6H3;7-9H2,1-6H3. The van der Waals surface area contributed by atoms with Crippen LogP contribution in [0.1, 0.15) is 278 Å². The molecule has 6 aromatic carbocycles. The number of nitrogens with zero attached hydrogens (tertiary/aromatic N) is 12. The molecule has 0 aliphatic carbocycles. The molecule has 18 nitrogen and oxygen atoms in total. The van der Waals surface area contributed by atoms with Gasteiger partial charge in [0.05, 0.1) is 34.1 Å². The van der Waals surface area contributed by atoms with E-state index >= 15 is 0 Å². The van der Waals surface area contributed by atoms with Crippen LogP contribution in [0.4, 0.5) is 34.1 Å². The topological polar surface area (TPSA) is 141 Å². The van der Waals surface area contributed by atoms with Gasteiger partial charge in [0.2, 0.25) is 32.6 Å². The normalized spacial score (nSPS) is 12.3. The molecule has 0 radical (unpaired) electrons. The predicted molar refractivity (Wildman–Crippen MR) is 542 cm³/mol. The molecule has 0 amide bonds. The molecule has 0 heterocycles. The van der Waals surface area contributed by atoms with Crippen LogP contribution in [-0.2, 0) is 32.5 Å². The fourth-order valence-electron chi connectivity index (χ4n) is 15.6. The van der Waals surface area contributed by atoms with Gasteiger partial charge in [-0.05, 0) is 217 Å². The van der Waals surface area contributed by atoms with Crippen LogP contribution in [0.5, 0.6) is 0 Å². The van der Waals surface area contributed by atoms with E-state index in [9.17, 15) is 28.8 Å². The monoisotopic (exact) mass is 1780 g/mol. The van der Waals surface area contributed by atoms with Crippen molar-refractivity contribution in [3.05, 3.63) is 122 Å². The Labute approximate surface area is 760 Å². The molecule has 6 aromatic rings. The summed E-state index contributed by atoms with van der Waals surface area (Å²) in [4.78, 5) is 98.9. The highest BCUT2D eigenvalue weighted by molar-refractivity contribution is 7.72. The van der Waals surface area contributed by atoms with Crippen molar-refractivity contribution in [3.8, 4) is 0 Å². The van der Waals surface area contributed by atoms with Gasteiger partial charge in [0.1, 0.15) is 27.1 Å². The lowest BCUT2D eigenvalue weighted by atomic mass is 9.82. The Bertz CT molecular complexity index is 4520. The molecule has 120 heavy (non-hydrogen) atoms. The first kappa shape index (κ1) is 114. The summed E-state index contributed by atoms with van der Waals surface area (Å²) in [7, 11) is 20.7. The van der Waals surface area contributed by atoms with Gasteiger partial charge in [-0.25, -0.2) is 0 Å². The van der Waals surface area contributed by atoms with Crippen LogP contribution >= 0.6 is 73.3 Å².